The summed E-state index contributed by atoms with van der Waals surface area (Å²) in [6.07, 6.45) is 4.03. The molecule has 2 aliphatic rings. The molecule has 2 fully saturated rings. The van der Waals surface area contributed by atoms with E-state index < -0.39 is 0 Å². The summed E-state index contributed by atoms with van der Waals surface area (Å²) in [6.45, 7) is 7.36. The van der Waals surface area contributed by atoms with E-state index in [0.717, 1.165) is 25.3 Å². The third-order valence-electron chi connectivity index (χ3n) is 5.47. The predicted molar refractivity (Wildman–Crippen MR) is 114 cm³/mol. The smallest absolute Gasteiger partial charge is 0.274 e. The molecule has 8 nitrogen and oxygen atoms in total. The van der Waals surface area contributed by atoms with Gasteiger partial charge in [-0.05, 0) is 37.3 Å². The second kappa shape index (κ2) is 11.6. The number of benzene rings is 1. The number of hydrogen-bond donors (Lipinski definition) is 2. The topological polar surface area (TPSA) is 100 Å². The van der Waals surface area contributed by atoms with Crippen LogP contribution in [-0.4, -0.2) is 52.3 Å². The van der Waals surface area contributed by atoms with Crippen LogP contribution < -0.4 is 10.9 Å². The lowest BCUT2D eigenvalue weighted by Crippen LogP contribution is -2.35. The highest BCUT2D eigenvalue weighted by Crippen LogP contribution is 2.17. The minimum Gasteiger partial charge on any atom is -0.381 e. The van der Waals surface area contributed by atoms with Crippen molar-refractivity contribution in [1.82, 2.24) is 25.4 Å². The van der Waals surface area contributed by atoms with Crippen LogP contribution in [0.25, 0.3) is 0 Å². The minimum absolute atomic E-state index is 0.0282. The lowest BCUT2D eigenvalue weighted by molar-refractivity contribution is -0.128. The van der Waals surface area contributed by atoms with Crippen molar-refractivity contribution in [3.05, 3.63) is 58.3 Å². The number of nitrogens with one attached hydrogen (secondary N) is 2. The molecule has 2 aromatic rings. The molecule has 8 heteroatoms. The third kappa shape index (κ3) is 7.03. The summed E-state index contributed by atoms with van der Waals surface area (Å²) in [5.74, 6) is 0.807. The number of aromatic amines is 1. The monoisotopic (exact) mass is 413 g/mol. The molecule has 0 bridgehead atoms. The Morgan fingerprint density at radius 2 is 2.00 bits per heavy atom. The Balaban J connectivity index is 0.000000177. The largest absolute Gasteiger partial charge is 0.381 e. The standard InChI is InChI=1S/C12H17N.C10H14N4O3/c1-11-7-8-13(9-11)10-12-5-3-2-4-6-12;15-9(7-1-3-17-4-2-7)11-5-8-10(16)12-6-13-14-8/h2-6,11H,7-10H2,1H3;6-7H,1-5H2,(H,11,15)(H,12,13,16). The second-order valence-corrected chi connectivity index (χ2v) is 7.98. The van der Waals surface area contributed by atoms with E-state index in [1.165, 1.54) is 31.4 Å². The number of amides is 1. The molecule has 0 aliphatic carbocycles. The van der Waals surface area contributed by atoms with Crippen LogP contribution in [0.2, 0.25) is 0 Å². The molecule has 1 unspecified atom stereocenters. The third-order valence-corrected chi connectivity index (χ3v) is 5.47. The summed E-state index contributed by atoms with van der Waals surface area (Å²) >= 11 is 0. The van der Waals surface area contributed by atoms with Gasteiger partial charge in [-0.1, -0.05) is 37.3 Å². The van der Waals surface area contributed by atoms with E-state index in [1.807, 2.05) is 0 Å². The number of H-pyrrole nitrogens is 1. The second-order valence-electron chi connectivity index (χ2n) is 7.98. The van der Waals surface area contributed by atoms with Gasteiger partial charge in [0.2, 0.25) is 5.91 Å². The number of ether oxygens (including phenoxy) is 1. The van der Waals surface area contributed by atoms with E-state index >= 15 is 0 Å². The van der Waals surface area contributed by atoms with Gasteiger partial charge in [0.1, 0.15) is 12.0 Å². The van der Waals surface area contributed by atoms with Gasteiger partial charge >= 0.3 is 0 Å². The molecule has 2 N–H and O–H groups in total. The van der Waals surface area contributed by atoms with Crippen molar-refractivity contribution >= 4 is 5.91 Å². The van der Waals surface area contributed by atoms with Crippen LogP contribution in [0.4, 0.5) is 0 Å². The number of aromatic nitrogens is 3. The first-order valence-electron chi connectivity index (χ1n) is 10.6. The SMILES string of the molecule is CC1CCN(Cc2ccccc2)C1.O=C(NCc1nnc[nH]c1=O)C1CCOCC1. The molecular weight excluding hydrogens is 382 g/mol. The van der Waals surface area contributed by atoms with Gasteiger partial charge in [0.05, 0.1) is 6.54 Å². The summed E-state index contributed by atoms with van der Waals surface area (Å²) < 4.78 is 5.17. The van der Waals surface area contributed by atoms with Gasteiger partial charge in [0.25, 0.3) is 5.56 Å². The van der Waals surface area contributed by atoms with E-state index in [4.69, 9.17) is 4.74 Å². The molecule has 0 spiro atoms. The lowest BCUT2D eigenvalue weighted by atomic mass is 9.99. The van der Waals surface area contributed by atoms with E-state index in [9.17, 15) is 9.59 Å². The first kappa shape index (κ1) is 22.1. The highest BCUT2D eigenvalue weighted by atomic mass is 16.5. The van der Waals surface area contributed by atoms with E-state index in [-0.39, 0.29) is 29.6 Å². The van der Waals surface area contributed by atoms with Gasteiger partial charge in [-0.25, -0.2) is 0 Å². The van der Waals surface area contributed by atoms with Crippen LogP contribution in [0.1, 0.15) is 37.4 Å². The van der Waals surface area contributed by atoms with Gasteiger partial charge in [-0.2, -0.15) is 0 Å². The fourth-order valence-corrected chi connectivity index (χ4v) is 3.72. The van der Waals surface area contributed by atoms with Gasteiger partial charge in [-0.3, -0.25) is 14.5 Å². The van der Waals surface area contributed by atoms with Gasteiger partial charge in [-0.15, -0.1) is 10.2 Å². The quantitative estimate of drug-likeness (QED) is 0.774. The predicted octanol–water partition coefficient (Wildman–Crippen LogP) is 1.74. The van der Waals surface area contributed by atoms with Crippen molar-refractivity contribution in [3.63, 3.8) is 0 Å². The number of nitrogens with zero attached hydrogens (tertiary/aromatic N) is 3. The molecule has 1 aromatic carbocycles. The number of likely N-dealkylation sites (tertiary alicyclic amines) is 1. The van der Waals surface area contributed by atoms with E-state index in [0.29, 0.717) is 13.2 Å². The lowest BCUT2D eigenvalue weighted by Gasteiger charge is -2.20. The van der Waals surface area contributed by atoms with Gasteiger partial charge < -0.3 is 15.0 Å². The van der Waals surface area contributed by atoms with Crippen molar-refractivity contribution in [2.45, 2.75) is 39.3 Å². The molecule has 3 heterocycles. The van der Waals surface area contributed by atoms with Crippen LogP contribution in [0.3, 0.4) is 0 Å². The first-order chi connectivity index (χ1) is 14.6. The number of carbonyl (C=O) groups is 1. The van der Waals surface area contributed by atoms with Crippen LogP contribution >= 0.6 is 0 Å². The van der Waals surface area contributed by atoms with Crippen molar-refractivity contribution < 1.29 is 9.53 Å². The molecule has 1 amide bonds. The van der Waals surface area contributed by atoms with Crippen LogP contribution in [0.5, 0.6) is 0 Å². The maximum Gasteiger partial charge on any atom is 0.274 e. The minimum atomic E-state index is -0.327. The zero-order valence-corrected chi connectivity index (χ0v) is 17.5. The molecule has 2 saturated heterocycles. The van der Waals surface area contributed by atoms with Crippen LogP contribution in [0, 0.1) is 11.8 Å². The zero-order chi connectivity index (χ0) is 21.2. The summed E-state index contributed by atoms with van der Waals surface area (Å²) in [5.41, 5.74) is 1.33. The number of carbonyl (C=O) groups excluding carboxylic acids is 1. The summed E-state index contributed by atoms with van der Waals surface area (Å²) in [6, 6.07) is 10.7. The number of hydrogen-bond acceptors (Lipinski definition) is 6. The Hall–Kier alpha value is -2.58. The molecule has 1 aromatic heterocycles. The molecule has 162 valence electrons. The zero-order valence-electron chi connectivity index (χ0n) is 17.5. The Morgan fingerprint density at radius 3 is 2.67 bits per heavy atom. The molecular formula is C22H31N5O3. The van der Waals surface area contributed by atoms with E-state index in [1.54, 1.807) is 0 Å². The normalized spacial score (nSPS) is 19.7. The van der Waals surface area contributed by atoms with Gasteiger partial charge in [0, 0.05) is 32.2 Å². The molecule has 1 atom stereocenters. The fraction of sp³-hybridized carbons (Fsp3) is 0.545. The van der Waals surface area contributed by atoms with Gasteiger partial charge in [0.15, 0.2) is 0 Å². The fourth-order valence-electron chi connectivity index (χ4n) is 3.72. The van der Waals surface area contributed by atoms with Crippen LogP contribution in [-0.2, 0) is 22.6 Å². The Morgan fingerprint density at radius 1 is 1.23 bits per heavy atom. The maximum atomic E-state index is 11.8. The number of rotatable bonds is 5. The molecule has 4 rings (SSSR count). The highest BCUT2D eigenvalue weighted by Gasteiger charge is 2.21. The Bertz CT molecular complexity index is 836. The Labute approximate surface area is 177 Å². The molecule has 0 radical (unpaired) electrons. The summed E-state index contributed by atoms with van der Waals surface area (Å²) in [4.78, 5) is 28.0. The van der Waals surface area contributed by atoms with Crippen molar-refractivity contribution in [3.8, 4) is 0 Å². The average Bonchev–Trinajstić information content (AvgIpc) is 3.19. The highest BCUT2D eigenvalue weighted by molar-refractivity contribution is 5.78. The van der Waals surface area contributed by atoms with Crippen molar-refractivity contribution in [2.75, 3.05) is 26.3 Å². The maximum absolute atomic E-state index is 11.8. The van der Waals surface area contributed by atoms with E-state index in [2.05, 4.69) is 62.7 Å². The van der Waals surface area contributed by atoms with Crippen molar-refractivity contribution in [2.24, 2.45) is 11.8 Å². The molecule has 30 heavy (non-hydrogen) atoms. The first-order valence-corrected chi connectivity index (χ1v) is 10.6. The Kier molecular flexibility index (Phi) is 8.53. The molecule has 2 aliphatic heterocycles. The molecule has 0 saturated carbocycles. The van der Waals surface area contributed by atoms with Crippen molar-refractivity contribution in [1.29, 1.82) is 0 Å². The average molecular weight is 414 g/mol. The summed E-state index contributed by atoms with van der Waals surface area (Å²) in [7, 11) is 0. The van der Waals surface area contributed by atoms with Crippen LogP contribution in [0.15, 0.2) is 41.5 Å². The summed E-state index contributed by atoms with van der Waals surface area (Å²) in [5, 5.41) is 9.91.